The molecule has 0 saturated heterocycles. The van der Waals surface area contributed by atoms with Crippen LogP contribution in [-0.4, -0.2) is 5.97 Å². The van der Waals surface area contributed by atoms with Crippen molar-refractivity contribution in [1.29, 1.82) is 0 Å². The Bertz CT molecular complexity index is 452. The number of hydrogen-bond donors (Lipinski definition) is 1. The van der Waals surface area contributed by atoms with E-state index in [0.29, 0.717) is 16.6 Å². The molecule has 4 heteroatoms. The SMILES string of the molecule is N/C(=C\C(=O)OCc1cccc(Cl)c1)C1CC1. The van der Waals surface area contributed by atoms with Crippen molar-refractivity contribution in [2.75, 3.05) is 0 Å². The Labute approximate surface area is 105 Å². The second-order valence-corrected chi connectivity index (χ2v) is 4.59. The van der Waals surface area contributed by atoms with Crippen LogP contribution in [0.1, 0.15) is 18.4 Å². The molecule has 1 saturated carbocycles. The lowest BCUT2D eigenvalue weighted by Gasteiger charge is -2.03. The molecule has 0 aromatic heterocycles. The highest BCUT2D eigenvalue weighted by atomic mass is 35.5. The lowest BCUT2D eigenvalue weighted by Crippen LogP contribution is -2.07. The maximum atomic E-state index is 11.4. The number of carbonyl (C=O) groups is 1. The van der Waals surface area contributed by atoms with E-state index in [0.717, 1.165) is 18.4 Å². The van der Waals surface area contributed by atoms with Crippen LogP contribution in [0.5, 0.6) is 0 Å². The molecule has 0 spiro atoms. The van der Waals surface area contributed by atoms with Gasteiger partial charge in [-0.15, -0.1) is 0 Å². The minimum absolute atomic E-state index is 0.216. The van der Waals surface area contributed by atoms with Crippen molar-refractivity contribution in [3.63, 3.8) is 0 Å². The van der Waals surface area contributed by atoms with Gasteiger partial charge in [-0.1, -0.05) is 23.7 Å². The van der Waals surface area contributed by atoms with Crippen LogP contribution in [0, 0.1) is 5.92 Å². The topological polar surface area (TPSA) is 52.3 Å². The van der Waals surface area contributed by atoms with Crippen LogP contribution in [0.4, 0.5) is 0 Å². The van der Waals surface area contributed by atoms with E-state index in [1.165, 1.54) is 6.08 Å². The molecule has 2 rings (SSSR count). The maximum Gasteiger partial charge on any atom is 0.332 e. The molecule has 0 amide bonds. The largest absolute Gasteiger partial charge is 0.458 e. The van der Waals surface area contributed by atoms with Gasteiger partial charge < -0.3 is 10.5 Å². The molecule has 90 valence electrons. The summed E-state index contributed by atoms with van der Waals surface area (Å²) in [5.74, 6) is -0.0110. The number of nitrogens with two attached hydrogens (primary N) is 1. The summed E-state index contributed by atoms with van der Waals surface area (Å²) in [7, 11) is 0. The number of halogens is 1. The average molecular weight is 252 g/mol. The number of esters is 1. The third-order valence-corrected chi connectivity index (χ3v) is 2.84. The predicted octanol–water partition coefficient (Wildman–Crippen LogP) is 2.64. The highest BCUT2D eigenvalue weighted by Crippen LogP contribution is 2.33. The molecule has 1 aliphatic rings. The van der Waals surface area contributed by atoms with Crippen molar-refractivity contribution in [2.24, 2.45) is 11.7 Å². The van der Waals surface area contributed by atoms with Crippen molar-refractivity contribution < 1.29 is 9.53 Å². The van der Waals surface area contributed by atoms with Crippen molar-refractivity contribution in [3.8, 4) is 0 Å². The first-order valence-corrected chi connectivity index (χ1v) is 5.91. The van der Waals surface area contributed by atoms with Crippen molar-refractivity contribution in [3.05, 3.63) is 46.6 Å². The monoisotopic (exact) mass is 251 g/mol. The molecular formula is C13H14ClNO2. The summed E-state index contributed by atoms with van der Waals surface area (Å²) in [6.45, 7) is 0.216. The van der Waals surface area contributed by atoms with Gasteiger partial charge in [0.05, 0.1) is 0 Å². The molecule has 0 radical (unpaired) electrons. The smallest absolute Gasteiger partial charge is 0.332 e. The summed E-state index contributed by atoms with van der Waals surface area (Å²) < 4.78 is 5.08. The van der Waals surface area contributed by atoms with Crippen molar-refractivity contribution >= 4 is 17.6 Å². The molecule has 2 N–H and O–H groups in total. The van der Waals surface area contributed by atoms with Crippen LogP contribution < -0.4 is 5.73 Å². The third-order valence-electron chi connectivity index (χ3n) is 2.60. The molecule has 1 fully saturated rings. The van der Waals surface area contributed by atoms with Gasteiger partial charge in [0.1, 0.15) is 6.61 Å². The summed E-state index contributed by atoms with van der Waals surface area (Å²) in [6.07, 6.45) is 3.52. The molecule has 0 aliphatic heterocycles. The highest BCUT2D eigenvalue weighted by molar-refractivity contribution is 6.30. The molecule has 0 heterocycles. The highest BCUT2D eigenvalue weighted by Gasteiger charge is 2.24. The van der Waals surface area contributed by atoms with Gasteiger partial charge in [-0.05, 0) is 36.5 Å². The molecule has 1 aliphatic carbocycles. The lowest BCUT2D eigenvalue weighted by molar-refractivity contribution is -0.139. The van der Waals surface area contributed by atoms with Gasteiger partial charge in [-0.2, -0.15) is 0 Å². The Morgan fingerprint density at radius 1 is 1.53 bits per heavy atom. The lowest BCUT2D eigenvalue weighted by atomic mass is 10.2. The zero-order chi connectivity index (χ0) is 12.3. The van der Waals surface area contributed by atoms with Crippen LogP contribution in [-0.2, 0) is 16.1 Å². The fourth-order valence-corrected chi connectivity index (χ4v) is 1.71. The Hall–Kier alpha value is -1.48. The summed E-state index contributed by atoms with van der Waals surface area (Å²) in [4.78, 5) is 11.4. The van der Waals surface area contributed by atoms with Crippen LogP contribution in [0.25, 0.3) is 0 Å². The molecule has 3 nitrogen and oxygen atoms in total. The van der Waals surface area contributed by atoms with Gasteiger partial charge in [0, 0.05) is 16.8 Å². The first kappa shape index (κ1) is 12.0. The minimum atomic E-state index is -0.394. The first-order valence-electron chi connectivity index (χ1n) is 5.53. The molecule has 0 bridgehead atoms. The zero-order valence-corrected chi connectivity index (χ0v) is 10.1. The molecule has 1 aromatic rings. The fraction of sp³-hybridized carbons (Fsp3) is 0.308. The van der Waals surface area contributed by atoms with E-state index in [-0.39, 0.29) is 6.61 Å². The normalized spacial score (nSPS) is 15.7. The van der Waals surface area contributed by atoms with Gasteiger partial charge in [-0.3, -0.25) is 0 Å². The van der Waals surface area contributed by atoms with Crippen molar-refractivity contribution in [1.82, 2.24) is 0 Å². The average Bonchev–Trinajstić information content (AvgIpc) is 3.10. The van der Waals surface area contributed by atoms with Gasteiger partial charge >= 0.3 is 5.97 Å². The maximum absolute atomic E-state index is 11.4. The van der Waals surface area contributed by atoms with E-state index < -0.39 is 5.97 Å². The van der Waals surface area contributed by atoms with Crippen molar-refractivity contribution in [2.45, 2.75) is 19.4 Å². The number of ether oxygens (including phenoxy) is 1. The van der Waals surface area contributed by atoms with E-state index in [9.17, 15) is 4.79 Å². The van der Waals surface area contributed by atoms with Crippen LogP contribution in [0.3, 0.4) is 0 Å². The fourth-order valence-electron chi connectivity index (χ4n) is 1.49. The Morgan fingerprint density at radius 2 is 2.29 bits per heavy atom. The van der Waals surface area contributed by atoms with Gasteiger partial charge in [0.15, 0.2) is 0 Å². The van der Waals surface area contributed by atoms with E-state index in [1.807, 2.05) is 12.1 Å². The quantitative estimate of drug-likeness (QED) is 0.661. The standard InChI is InChI=1S/C13H14ClNO2/c14-11-3-1-2-9(6-11)8-17-13(16)7-12(15)10-4-5-10/h1-3,6-7,10H,4-5,8,15H2/b12-7-. The minimum Gasteiger partial charge on any atom is -0.458 e. The summed E-state index contributed by atoms with van der Waals surface area (Å²) in [5.41, 5.74) is 7.20. The Balaban J connectivity index is 1.85. The number of carbonyl (C=O) groups excluding carboxylic acids is 1. The second-order valence-electron chi connectivity index (χ2n) is 4.16. The molecule has 0 atom stereocenters. The van der Waals surface area contributed by atoms with E-state index in [4.69, 9.17) is 22.1 Å². The molecule has 0 unspecified atom stereocenters. The van der Waals surface area contributed by atoms with Crippen LogP contribution in [0.2, 0.25) is 5.02 Å². The van der Waals surface area contributed by atoms with E-state index in [1.54, 1.807) is 12.1 Å². The summed E-state index contributed by atoms with van der Waals surface area (Å²) >= 11 is 5.82. The number of hydrogen-bond acceptors (Lipinski definition) is 3. The predicted molar refractivity (Wildman–Crippen MR) is 66.2 cm³/mol. The van der Waals surface area contributed by atoms with E-state index >= 15 is 0 Å². The number of benzene rings is 1. The third kappa shape index (κ3) is 3.79. The Kier molecular flexibility index (Phi) is 3.69. The van der Waals surface area contributed by atoms with E-state index in [2.05, 4.69) is 0 Å². The zero-order valence-electron chi connectivity index (χ0n) is 9.36. The molecule has 1 aromatic carbocycles. The molecular weight excluding hydrogens is 238 g/mol. The number of allylic oxidation sites excluding steroid dienone is 1. The first-order chi connectivity index (χ1) is 8.15. The summed E-state index contributed by atoms with van der Waals surface area (Å²) in [6, 6.07) is 7.22. The second kappa shape index (κ2) is 5.23. The van der Waals surface area contributed by atoms with Gasteiger partial charge in [-0.25, -0.2) is 4.79 Å². The van der Waals surface area contributed by atoms with Crippen LogP contribution >= 0.6 is 11.6 Å². The van der Waals surface area contributed by atoms with Crippen LogP contribution in [0.15, 0.2) is 36.0 Å². The Morgan fingerprint density at radius 3 is 2.94 bits per heavy atom. The van der Waals surface area contributed by atoms with Gasteiger partial charge in [0.25, 0.3) is 0 Å². The molecule has 17 heavy (non-hydrogen) atoms. The van der Waals surface area contributed by atoms with Gasteiger partial charge in [0.2, 0.25) is 0 Å². The number of rotatable bonds is 4. The summed E-state index contributed by atoms with van der Waals surface area (Å²) in [5, 5.41) is 0.631.